The molecule has 0 saturated carbocycles. The van der Waals surface area contributed by atoms with Crippen molar-refractivity contribution < 1.29 is 8.42 Å². The van der Waals surface area contributed by atoms with E-state index < -0.39 is 9.84 Å². The normalized spacial score (nSPS) is 35.4. The largest absolute Gasteiger partial charge is 0.323 e. The fourth-order valence-electron chi connectivity index (χ4n) is 2.31. The second-order valence-corrected chi connectivity index (χ2v) is 6.91. The SMILES string of the molecule is CCC1(N)CN(C2CCS(=O)(=O)C2)C1. The highest BCUT2D eigenvalue weighted by molar-refractivity contribution is 7.91. The molecule has 2 saturated heterocycles. The van der Waals surface area contributed by atoms with Gasteiger partial charge >= 0.3 is 0 Å². The number of hydrogen-bond donors (Lipinski definition) is 1. The Kier molecular flexibility index (Phi) is 2.36. The van der Waals surface area contributed by atoms with E-state index in [1.54, 1.807) is 0 Å². The van der Waals surface area contributed by atoms with Crippen molar-refractivity contribution in [3.05, 3.63) is 0 Å². The van der Waals surface area contributed by atoms with E-state index in [1.165, 1.54) is 0 Å². The molecule has 14 heavy (non-hydrogen) atoms. The summed E-state index contributed by atoms with van der Waals surface area (Å²) in [7, 11) is -2.74. The monoisotopic (exact) mass is 218 g/mol. The van der Waals surface area contributed by atoms with E-state index in [4.69, 9.17) is 5.73 Å². The van der Waals surface area contributed by atoms with E-state index in [0.29, 0.717) is 11.5 Å². The van der Waals surface area contributed by atoms with Gasteiger partial charge in [-0.1, -0.05) is 6.92 Å². The maximum absolute atomic E-state index is 11.3. The van der Waals surface area contributed by atoms with E-state index in [-0.39, 0.29) is 11.6 Å². The van der Waals surface area contributed by atoms with Crippen molar-refractivity contribution >= 4 is 9.84 Å². The van der Waals surface area contributed by atoms with Crippen LogP contribution in [0.15, 0.2) is 0 Å². The van der Waals surface area contributed by atoms with Gasteiger partial charge in [-0.05, 0) is 12.8 Å². The van der Waals surface area contributed by atoms with Gasteiger partial charge in [0.25, 0.3) is 0 Å². The quantitative estimate of drug-likeness (QED) is 0.685. The second kappa shape index (κ2) is 3.18. The second-order valence-electron chi connectivity index (χ2n) is 4.68. The topological polar surface area (TPSA) is 63.4 Å². The fourth-order valence-corrected chi connectivity index (χ4v) is 4.07. The Morgan fingerprint density at radius 2 is 2.14 bits per heavy atom. The van der Waals surface area contributed by atoms with E-state index in [9.17, 15) is 8.42 Å². The van der Waals surface area contributed by atoms with Crippen LogP contribution in [0.1, 0.15) is 19.8 Å². The summed E-state index contributed by atoms with van der Waals surface area (Å²) in [4.78, 5) is 2.22. The molecular formula is C9H18N2O2S. The van der Waals surface area contributed by atoms with Crippen LogP contribution in [0.3, 0.4) is 0 Å². The van der Waals surface area contributed by atoms with Gasteiger partial charge in [0.05, 0.1) is 11.5 Å². The molecule has 0 aromatic heterocycles. The first-order chi connectivity index (χ1) is 6.44. The molecule has 82 valence electrons. The van der Waals surface area contributed by atoms with Crippen LogP contribution in [-0.4, -0.2) is 49.5 Å². The Labute approximate surface area is 85.4 Å². The number of nitrogens with zero attached hydrogens (tertiary/aromatic N) is 1. The number of sulfone groups is 1. The molecule has 0 aromatic rings. The minimum absolute atomic E-state index is 0.0493. The van der Waals surface area contributed by atoms with Crippen LogP contribution in [0.5, 0.6) is 0 Å². The molecule has 2 aliphatic rings. The Morgan fingerprint density at radius 1 is 1.50 bits per heavy atom. The molecule has 2 heterocycles. The highest BCUT2D eigenvalue weighted by Crippen LogP contribution is 2.28. The first kappa shape index (κ1) is 10.4. The van der Waals surface area contributed by atoms with Gasteiger partial charge in [-0.25, -0.2) is 8.42 Å². The zero-order chi connectivity index (χ0) is 10.4. The molecular weight excluding hydrogens is 200 g/mol. The Hall–Kier alpha value is -0.130. The molecule has 4 nitrogen and oxygen atoms in total. The Balaban J connectivity index is 1.90. The summed E-state index contributed by atoms with van der Waals surface area (Å²) in [6.45, 7) is 3.82. The first-order valence-corrected chi connectivity index (χ1v) is 7.00. The predicted molar refractivity (Wildman–Crippen MR) is 55.8 cm³/mol. The maximum atomic E-state index is 11.3. The molecule has 0 aromatic carbocycles. The van der Waals surface area contributed by atoms with Crippen molar-refractivity contribution in [1.29, 1.82) is 0 Å². The first-order valence-electron chi connectivity index (χ1n) is 5.17. The number of likely N-dealkylation sites (tertiary alicyclic amines) is 1. The van der Waals surface area contributed by atoms with Crippen LogP contribution in [0.25, 0.3) is 0 Å². The van der Waals surface area contributed by atoms with Crippen LogP contribution < -0.4 is 5.73 Å². The van der Waals surface area contributed by atoms with Crippen molar-refractivity contribution in [1.82, 2.24) is 4.90 Å². The molecule has 0 bridgehead atoms. The number of nitrogens with two attached hydrogens (primary N) is 1. The van der Waals surface area contributed by atoms with Gasteiger partial charge in [0.2, 0.25) is 0 Å². The minimum atomic E-state index is -2.74. The van der Waals surface area contributed by atoms with Gasteiger partial charge in [0.1, 0.15) is 0 Å². The molecule has 2 rings (SSSR count). The Morgan fingerprint density at radius 3 is 2.57 bits per heavy atom. The highest BCUT2D eigenvalue weighted by atomic mass is 32.2. The van der Waals surface area contributed by atoms with Crippen LogP contribution >= 0.6 is 0 Å². The van der Waals surface area contributed by atoms with Gasteiger partial charge in [0, 0.05) is 24.7 Å². The lowest BCUT2D eigenvalue weighted by Crippen LogP contribution is -2.69. The molecule has 0 aliphatic carbocycles. The lowest BCUT2D eigenvalue weighted by Gasteiger charge is -2.50. The summed E-state index contributed by atoms with van der Waals surface area (Å²) in [5, 5.41) is 0. The third-order valence-corrected chi connectivity index (χ3v) is 5.22. The van der Waals surface area contributed by atoms with Crippen LogP contribution in [-0.2, 0) is 9.84 Å². The van der Waals surface area contributed by atoms with Crippen molar-refractivity contribution in [3.8, 4) is 0 Å². The Bertz CT molecular complexity index is 320. The predicted octanol–water partition coefficient (Wildman–Crippen LogP) is -0.403. The van der Waals surface area contributed by atoms with Gasteiger partial charge < -0.3 is 5.73 Å². The standard InChI is InChI=1S/C9H18N2O2S/c1-2-9(10)6-11(7-9)8-3-4-14(12,13)5-8/h8H,2-7,10H2,1H3. The van der Waals surface area contributed by atoms with E-state index >= 15 is 0 Å². The molecule has 2 fully saturated rings. The summed E-state index contributed by atoms with van der Waals surface area (Å²) < 4.78 is 22.5. The molecule has 0 radical (unpaired) electrons. The molecule has 2 aliphatic heterocycles. The average molecular weight is 218 g/mol. The van der Waals surface area contributed by atoms with E-state index in [2.05, 4.69) is 11.8 Å². The lowest BCUT2D eigenvalue weighted by molar-refractivity contribution is 0.0359. The summed E-state index contributed by atoms with van der Waals surface area (Å²) in [6, 6.07) is 0.239. The van der Waals surface area contributed by atoms with Crippen molar-refractivity contribution in [2.75, 3.05) is 24.6 Å². The third kappa shape index (κ3) is 1.81. The summed E-state index contributed by atoms with van der Waals surface area (Å²) in [5.74, 6) is 0.699. The molecule has 0 amide bonds. The van der Waals surface area contributed by atoms with Gasteiger partial charge in [-0.2, -0.15) is 0 Å². The summed E-state index contributed by atoms with van der Waals surface area (Å²) in [6.07, 6.45) is 1.77. The maximum Gasteiger partial charge on any atom is 0.151 e. The van der Waals surface area contributed by atoms with Gasteiger partial charge in [-0.3, -0.25) is 4.90 Å². The molecule has 0 spiro atoms. The van der Waals surface area contributed by atoms with Crippen LogP contribution in [0.2, 0.25) is 0 Å². The van der Waals surface area contributed by atoms with E-state index in [0.717, 1.165) is 25.9 Å². The molecule has 2 N–H and O–H groups in total. The smallest absolute Gasteiger partial charge is 0.151 e. The van der Waals surface area contributed by atoms with E-state index in [1.807, 2.05) is 0 Å². The number of hydrogen-bond acceptors (Lipinski definition) is 4. The average Bonchev–Trinajstić information content (AvgIpc) is 2.40. The lowest BCUT2D eigenvalue weighted by atomic mass is 9.87. The third-order valence-electron chi connectivity index (χ3n) is 3.46. The zero-order valence-corrected chi connectivity index (χ0v) is 9.39. The van der Waals surface area contributed by atoms with Crippen molar-refractivity contribution in [3.63, 3.8) is 0 Å². The zero-order valence-electron chi connectivity index (χ0n) is 8.57. The molecule has 5 heteroatoms. The number of rotatable bonds is 2. The van der Waals surface area contributed by atoms with Crippen molar-refractivity contribution in [2.24, 2.45) is 5.73 Å². The summed E-state index contributed by atoms with van der Waals surface area (Å²) in [5.41, 5.74) is 5.99. The fraction of sp³-hybridized carbons (Fsp3) is 1.00. The minimum Gasteiger partial charge on any atom is -0.323 e. The summed E-state index contributed by atoms with van der Waals surface area (Å²) >= 11 is 0. The molecule has 1 atom stereocenters. The van der Waals surface area contributed by atoms with Crippen molar-refractivity contribution in [2.45, 2.75) is 31.3 Å². The highest BCUT2D eigenvalue weighted by Gasteiger charge is 2.44. The van der Waals surface area contributed by atoms with Gasteiger partial charge in [-0.15, -0.1) is 0 Å². The van der Waals surface area contributed by atoms with Crippen LogP contribution in [0, 0.1) is 0 Å². The van der Waals surface area contributed by atoms with Crippen LogP contribution in [0.4, 0.5) is 0 Å². The van der Waals surface area contributed by atoms with Gasteiger partial charge in [0.15, 0.2) is 9.84 Å². The molecule has 1 unspecified atom stereocenters.